The zero-order chi connectivity index (χ0) is 31.5. The van der Waals surface area contributed by atoms with E-state index in [2.05, 4.69) is 4.98 Å². The van der Waals surface area contributed by atoms with Crippen molar-refractivity contribution < 1.29 is 27.9 Å². The molecule has 0 bridgehead atoms. The van der Waals surface area contributed by atoms with E-state index in [1.807, 2.05) is 40.6 Å². The third-order valence-electron chi connectivity index (χ3n) is 9.02. The van der Waals surface area contributed by atoms with E-state index in [4.69, 9.17) is 4.98 Å². The lowest BCUT2D eigenvalue weighted by molar-refractivity contribution is -0.142. The van der Waals surface area contributed by atoms with E-state index < -0.39 is 34.7 Å². The molecule has 7 rings (SSSR count). The lowest BCUT2D eigenvalue weighted by atomic mass is 10.0. The number of hydrogen-bond donors (Lipinski definition) is 2. The molecule has 0 unspecified atom stereocenters. The fourth-order valence-electron chi connectivity index (χ4n) is 6.32. The molecule has 0 saturated heterocycles. The summed E-state index contributed by atoms with van der Waals surface area (Å²) in [5, 5.41) is 12.6. The minimum Gasteiger partial charge on any atom is -0.378 e. The highest BCUT2D eigenvalue weighted by Gasteiger charge is 2.50. The van der Waals surface area contributed by atoms with Gasteiger partial charge in [0.1, 0.15) is 5.82 Å². The second kappa shape index (κ2) is 11.0. The van der Waals surface area contributed by atoms with Gasteiger partial charge >= 0.3 is 6.18 Å². The highest BCUT2D eigenvalue weighted by atomic mass is 32.1. The summed E-state index contributed by atoms with van der Waals surface area (Å²) in [5.74, 6) is -0.282. The molecule has 3 aliphatic rings. The molecule has 2 N–H and O–H groups in total. The number of rotatable bonds is 5. The van der Waals surface area contributed by atoms with E-state index in [-0.39, 0.29) is 24.6 Å². The number of halogens is 3. The van der Waals surface area contributed by atoms with Crippen LogP contribution in [-0.2, 0) is 42.4 Å². The smallest absolute Gasteiger partial charge is 0.378 e. The normalized spacial score (nSPS) is 17.8. The number of aromatic amines is 1. The second-order valence-electron chi connectivity index (χ2n) is 11.9. The van der Waals surface area contributed by atoms with Gasteiger partial charge in [-0.1, -0.05) is 36.4 Å². The lowest BCUT2D eigenvalue weighted by Crippen LogP contribution is -2.36. The van der Waals surface area contributed by atoms with Crippen molar-refractivity contribution in [2.45, 2.75) is 63.0 Å². The fourth-order valence-corrected chi connectivity index (χ4v) is 7.46. The molecule has 1 saturated carbocycles. The van der Waals surface area contributed by atoms with Crippen molar-refractivity contribution in [1.82, 2.24) is 19.8 Å². The molecular weight excluding hydrogens is 605 g/mol. The van der Waals surface area contributed by atoms with Crippen LogP contribution in [0.5, 0.6) is 0 Å². The van der Waals surface area contributed by atoms with Gasteiger partial charge in [0.2, 0.25) is 0 Å². The van der Waals surface area contributed by atoms with E-state index in [0.29, 0.717) is 48.6 Å². The number of alkyl halides is 3. The molecule has 2 amide bonds. The molecule has 2 aliphatic heterocycles. The first-order chi connectivity index (χ1) is 21.5. The summed E-state index contributed by atoms with van der Waals surface area (Å²) in [4.78, 5) is 51.9. The van der Waals surface area contributed by atoms with Crippen LogP contribution in [0.1, 0.15) is 79.9 Å². The number of hydrogen-bond acceptors (Lipinski definition) is 6. The first kappa shape index (κ1) is 29.4. The summed E-state index contributed by atoms with van der Waals surface area (Å²) in [6.45, 7) is 1.24. The van der Waals surface area contributed by atoms with Gasteiger partial charge in [0.25, 0.3) is 17.4 Å². The number of fused-ring (bicyclic) bond motifs is 2. The van der Waals surface area contributed by atoms with E-state index in [1.54, 1.807) is 0 Å². The van der Waals surface area contributed by atoms with Gasteiger partial charge in [0.05, 0.1) is 34.3 Å². The van der Waals surface area contributed by atoms with E-state index >= 15 is 0 Å². The topological polar surface area (TPSA) is 107 Å². The summed E-state index contributed by atoms with van der Waals surface area (Å²) >= 11 is 1.48. The van der Waals surface area contributed by atoms with Gasteiger partial charge in [-0.2, -0.15) is 13.2 Å². The molecule has 4 aromatic rings. The summed E-state index contributed by atoms with van der Waals surface area (Å²) < 4.78 is 39.6. The number of nitrogens with one attached hydrogen (secondary N) is 1. The predicted octanol–water partition coefficient (Wildman–Crippen LogP) is 5.09. The Labute approximate surface area is 260 Å². The molecule has 12 heteroatoms. The zero-order valence-corrected chi connectivity index (χ0v) is 24.9. The highest BCUT2D eigenvalue weighted by molar-refractivity contribution is 7.10. The molecule has 1 aliphatic carbocycles. The predicted molar refractivity (Wildman–Crippen MR) is 159 cm³/mol. The second-order valence-corrected chi connectivity index (χ2v) is 12.9. The molecule has 232 valence electrons. The van der Waals surface area contributed by atoms with E-state index in [0.717, 1.165) is 47.0 Å². The average Bonchev–Trinajstić information content (AvgIpc) is 3.56. The third-order valence-corrected chi connectivity index (χ3v) is 10.2. The van der Waals surface area contributed by atoms with Gasteiger partial charge in [-0.25, -0.2) is 4.98 Å². The number of carbonyl (C=O) groups is 2. The van der Waals surface area contributed by atoms with Gasteiger partial charge in [-0.05, 0) is 60.6 Å². The van der Waals surface area contributed by atoms with Crippen LogP contribution in [0, 0.1) is 0 Å². The minimum atomic E-state index is -4.61. The molecular formula is C33H29F3N4O4S. The van der Waals surface area contributed by atoms with Crippen molar-refractivity contribution in [3.8, 4) is 0 Å². The maximum absolute atomic E-state index is 13.4. The van der Waals surface area contributed by atoms with E-state index in [9.17, 15) is 32.7 Å². The molecule has 1 fully saturated rings. The fraction of sp³-hybridized carbons (Fsp3) is 0.333. The Morgan fingerprint density at radius 2 is 1.73 bits per heavy atom. The van der Waals surface area contributed by atoms with Crippen molar-refractivity contribution in [2.75, 3.05) is 6.54 Å². The molecule has 4 heterocycles. The van der Waals surface area contributed by atoms with E-state index in [1.165, 1.54) is 22.3 Å². The van der Waals surface area contributed by atoms with Crippen LogP contribution in [0.3, 0.4) is 0 Å². The molecule has 0 radical (unpaired) electrons. The zero-order valence-electron chi connectivity index (χ0n) is 24.1. The molecule has 0 spiro atoms. The van der Waals surface area contributed by atoms with Crippen molar-refractivity contribution in [2.24, 2.45) is 0 Å². The van der Waals surface area contributed by atoms with Gasteiger partial charge in [0.15, 0.2) is 6.10 Å². The monoisotopic (exact) mass is 634 g/mol. The van der Waals surface area contributed by atoms with Crippen LogP contribution < -0.4 is 5.56 Å². The quantitative estimate of drug-likeness (QED) is 0.318. The number of thiophene rings is 1. The number of amides is 2. The molecule has 2 aromatic heterocycles. The highest BCUT2D eigenvalue weighted by Crippen LogP contribution is 2.54. The van der Waals surface area contributed by atoms with Crippen molar-refractivity contribution in [3.05, 3.63) is 120 Å². The Hall–Kier alpha value is -4.29. The molecule has 45 heavy (non-hydrogen) atoms. The number of aromatic nitrogens is 2. The van der Waals surface area contributed by atoms with Crippen LogP contribution in [0.15, 0.2) is 64.8 Å². The maximum Gasteiger partial charge on any atom is 0.416 e. The molecule has 8 nitrogen and oxygen atoms in total. The third kappa shape index (κ3) is 5.35. The Morgan fingerprint density at radius 1 is 1.00 bits per heavy atom. The first-order valence-corrected chi connectivity index (χ1v) is 15.6. The minimum absolute atomic E-state index is 0.0371. The van der Waals surface area contributed by atoms with Gasteiger partial charge in [0, 0.05) is 29.9 Å². The van der Waals surface area contributed by atoms with Crippen LogP contribution in [0.2, 0.25) is 0 Å². The van der Waals surface area contributed by atoms with Crippen LogP contribution in [0.25, 0.3) is 0 Å². The number of aliphatic hydroxyl groups excluding tert-OH is 1. The number of aryl methyl sites for hydroxylation is 1. The first-order valence-electron chi connectivity index (χ1n) is 14.8. The van der Waals surface area contributed by atoms with Crippen LogP contribution >= 0.6 is 11.3 Å². The van der Waals surface area contributed by atoms with Crippen molar-refractivity contribution in [3.63, 3.8) is 0 Å². The van der Waals surface area contributed by atoms with Gasteiger partial charge < -0.3 is 19.9 Å². The Kier molecular flexibility index (Phi) is 7.16. The van der Waals surface area contributed by atoms with Crippen molar-refractivity contribution >= 4 is 23.2 Å². The number of carbonyl (C=O) groups excluding carboxylic acids is 2. The number of nitrogens with zero attached hydrogens (tertiary/aromatic N) is 3. The van der Waals surface area contributed by atoms with Crippen molar-refractivity contribution in [1.29, 1.82) is 0 Å². The Balaban J connectivity index is 1.10. The molecule has 2 aromatic carbocycles. The van der Waals surface area contributed by atoms with Gasteiger partial charge in [-0.3, -0.25) is 14.4 Å². The Morgan fingerprint density at radius 3 is 2.42 bits per heavy atom. The Bertz CT molecular complexity index is 1850. The standard InChI is InChI=1S/C33H29F3N4O4S/c34-33(35,36)23-8-3-7-19(13-23)27(41)30(44)39-12-4-9-25-24(17-39)28(42)38-31(37-25)32(10-11-32)26-14-22(18-45-26)29(43)40-15-20-5-1-2-6-21(20)16-40/h1-3,5-8,13-14,18,27,41H,4,9-12,15-17H2,(H,37,38,42)/t27-/m1/s1. The average molecular weight is 635 g/mol. The number of benzene rings is 2. The number of H-pyrrole nitrogens is 1. The summed E-state index contributed by atoms with van der Waals surface area (Å²) in [7, 11) is 0. The molecule has 1 atom stereocenters. The summed E-state index contributed by atoms with van der Waals surface area (Å²) in [6.07, 6.45) is -3.99. The maximum atomic E-state index is 13.4. The summed E-state index contributed by atoms with van der Waals surface area (Å²) in [5.41, 5.74) is 1.76. The largest absolute Gasteiger partial charge is 0.416 e. The van der Waals surface area contributed by atoms with Gasteiger partial charge in [-0.15, -0.1) is 11.3 Å². The van der Waals surface area contributed by atoms with Crippen LogP contribution in [0.4, 0.5) is 13.2 Å². The summed E-state index contributed by atoms with van der Waals surface area (Å²) in [6, 6.07) is 14.0. The SMILES string of the molecule is O=C(c1csc(C2(c3nc4c(c(=O)[nH]3)CN(C(=O)[C@H](O)c3cccc(C(F)(F)F)c3)CCC4)CC2)c1)N1Cc2ccccc2C1. The number of aliphatic hydroxyl groups is 1. The van der Waals surface area contributed by atoms with Crippen LogP contribution in [-0.4, -0.2) is 43.2 Å². The lowest BCUT2D eigenvalue weighted by Gasteiger charge is -2.24.